The molecule has 2 aromatic rings. The van der Waals surface area contributed by atoms with Gasteiger partial charge in [0.2, 0.25) is 5.91 Å². The molecule has 0 aliphatic carbocycles. The number of carbonyl (C=O) groups is 1. The third-order valence-corrected chi connectivity index (χ3v) is 4.34. The topological polar surface area (TPSA) is 72.2 Å². The highest BCUT2D eigenvalue weighted by Crippen LogP contribution is 2.21. The summed E-state index contributed by atoms with van der Waals surface area (Å²) in [7, 11) is -1.66. The van der Waals surface area contributed by atoms with Crippen molar-refractivity contribution < 1.29 is 13.4 Å². The molecule has 2 rings (SSSR count). The molecule has 0 aliphatic rings. The largest absolute Gasteiger partial charge is 0.398 e. The number of nitrogens with one attached hydrogen (secondary N) is 1. The van der Waals surface area contributed by atoms with E-state index in [4.69, 9.17) is 17.3 Å². The molecule has 1 atom stereocenters. The maximum atomic E-state index is 12.9. The van der Waals surface area contributed by atoms with Gasteiger partial charge in [0, 0.05) is 0 Å². The fourth-order valence-electron chi connectivity index (χ4n) is 1.67. The van der Waals surface area contributed by atoms with Crippen molar-refractivity contribution in [2.24, 2.45) is 0 Å². The van der Waals surface area contributed by atoms with Crippen LogP contribution in [0.15, 0.2) is 47.4 Å². The summed E-state index contributed by atoms with van der Waals surface area (Å²) in [5.41, 5.74) is 6.08. The second kappa shape index (κ2) is 6.69. The lowest BCUT2D eigenvalue weighted by molar-refractivity contribution is -0.113. The first-order valence-electron chi connectivity index (χ1n) is 5.95. The van der Waals surface area contributed by atoms with Crippen molar-refractivity contribution in [1.29, 1.82) is 0 Å². The van der Waals surface area contributed by atoms with E-state index in [2.05, 4.69) is 5.32 Å². The Labute approximate surface area is 128 Å². The molecule has 0 bridgehead atoms. The van der Waals surface area contributed by atoms with E-state index in [0.717, 1.165) is 12.1 Å². The summed E-state index contributed by atoms with van der Waals surface area (Å²) in [6.45, 7) is 0. The highest BCUT2D eigenvalue weighted by atomic mass is 35.5. The van der Waals surface area contributed by atoms with Crippen LogP contribution in [0, 0.1) is 5.82 Å². The van der Waals surface area contributed by atoms with E-state index in [9.17, 15) is 13.4 Å². The van der Waals surface area contributed by atoms with E-state index < -0.39 is 22.5 Å². The fourth-order valence-corrected chi connectivity index (χ4v) is 2.86. The van der Waals surface area contributed by atoms with E-state index in [1.807, 2.05) is 0 Å². The van der Waals surface area contributed by atoms with Crippen molar-refractivity contribution in [3.05, 3.63) is 53.3 Å². The number of para-hydroxylation sites is 1. The average molecular weight is 327 g/mol. The first kappa shape index (κ1) is 15.5. The molecule has 110 valence electrons. The molecule has 1 amide bonds. The first-order chi connectivity index (χ1) is 9.97. The normalized spacial score (nSPS) is 11.9. The van der Waals surface area contributed by atoms with Crippen LogP contribution in [0.25, 0.3) is 0 Å². The Balaban J connectivity index is 2.06. The Morgan fingerprint density at radius 2 is 2.00 bits per heavy atom. The van der Waals surface area contributed by atoms with Gasteiger partial charge in [0.25, 0.3) is 0 Å². The number of nitrogens with two attached hydrogens (primary N) is 1. The number of anilines is 2. The summed E-state index contributed by atoms with van der Waals surface area (Å²) in [5, 5.41) is 2.95. The van der Waals surface area contributed by atoms with Crippen LogP contribution < -0.4 is 11.1 Å². The van der Waals surface area contributed by atoms with Crippen molar-refractivity contribution in [3.63, 3.8) is 0 Å². The second-order valence-electron chi connectivity index (χ2n) is 4.20. The molecule has 0 radical (unpaired) electrons. The standard InChI is InChI=1S/C14H12ClFN2O2S/c15-10-3-1-2-4-12(10)18-14(19)8-21(20)13-6-5-9(16)7-11(13)17/h1-7H,8,17H2,(H,18,19). The van der Waals surface area contributed by atoms with Crippen LogP contribution >= 0.6 is 11.6 Å². The smallest absolute Gasteiger partial charge is 0.237 e. The third kappa shape index (κ3) is 4.03. The maximum Gasteiger partial charge on any atom is 0.237 e. The quantitative estimate of drug-likeness (QED) is 0.849. The highest BCUT2D eigenvalue weighted by molar-refractivity contribution is 7.86. The lowest BCUT2D eigenvalue weighted by Crippen LogP contribution is -2.20. The molecule has 4 nitrogen and oxygen atoms in total. The molecule has 0 aromatic heterocycles. The average Bonchev–Trinajstić information content (AvgIpc) is 2.41. The van der Waals surface area contributed by atoms with Crippen LogP contribution in [-0.2, 0) is 15.6 Å². The molecule has 0 fully saturated rings. The van der Waals surface area contributed by atoms with E-state index in [0.29, 0.717) is 10.7 Å². The summed E-state index contributed by atoms with van der Waals surface area (Å²) in [4.78, 5) is 12.1. The van der Waals surface area contributed by atoms with Crippen molar-refractivity contribution in [2.45, 2.75) is 4.90 Å². The minimum Gasteiger partial charge on any atom is -0.398 e. The number of carbonyl (C=O) groups excluding carboxylic acids is 1. The molecular weight excluding hydrogens is 315 g/mol. The molecule has 0 saturated heterocycles. The first-order valence-corrected chi connectivity index (χ1v) is 7.65. The van der Waals surface area contributed by atoms with Crippen LogP contribution in [0.2, 0.25) is 5.02 Å². The Bertz CT molecular complexity index is 709. The number of benzene rings is 2. The molecule has 21 heavy (non-hydrogen) atoms. The minimum absolute atomic E-state index is 0.0545. The molecule has 1 unspecified atom stereocenters. The summed E-state index contributed by atoms with van der Waals surface area (Å²) in [6, 6.07) is 10.2. The van der Waals surface area contributed by atoms with E-state index in [1.54, 1.807) is 24.3 Å². The van der Waals surface area contributed by atoms with Crippen molar-refractivity contribution in [3.8, 4) is 0 Å². The Kier molecular flexibility index (Phi) is 4.93. The zero-order chi connectivity index (χ0) is 15.4. The van der Waals surface area contributed by atoms with Crippen LogP contribution in [0.5, 0.6) is 0 Å². The fraction of sp³-hybridized carbons (Fsp3) is 0.0714. The van der Waals surface area contributed by atoms with Gasteiger partial charge in [0.05, 0.1) is 32.1 Å². The molecule has 3 N–H and O–H groups in total. The third-order valence-electron chi connectivity index (χ3n) is 2.63. The number of amides is 1. The molecule has 0 saturated carbocycles. The van der Waals surface area contributed by atoms with Gasteiger partial charge in [-0.1, -0.05) is 23.7 Å². The second-order valence-corrected chi connectivity index (χ2v) is 6.03. The van der Waals surface area contributed by atoms with Gasteiger partial charge in [-0.25, -0.2) is 4.39 Å². The molecule has 0 aliphatic heterocycles. The number of halogens is 2. The number of rotatable bonds is 4. The van der Waals surface area contributed by atoms with Gasteiger partial charge in [-0.3, -0.25) is 9.00 Å². The Morgan fingerprint density at radius 3 is 2.67 bits per heavy atom. The van der Waals surface area contributed by atoms with Crippen LogP contribution in [0.3, 0.4) is 0 Å². The van der Waals surface area contributed by atoms with Crippen molar-refractivity contribution in [2.75, 3.05) is 16.8 Å². The Morgan fingerprint density at radius 1 is 1.29 bits per heavy atom. The van der Waals surface area contributed by atoms with E-state index >= 15 is 0 Å². The molecule has 0 spiro atoms. The van der Waals surface area contributed by atoms with Crippen molar-refractivity contribution >= 4 is 39.7 Å². The molecule has 2 aromatic carbocycles. The predicted molar refractivity (Wildman–Crippen MR) is 82.2 cm³/mol. The zero-order valence-electron chi connectivity index (χ0n) is 10.8. The van der Waals surface area contributed by atoms with Gasteiger partial charge in [0.1, 0.15) is 11.6 Å². The maximum absolute atomic E-state index is 12.9. The van der Waals surface area contributed by atoms with Gasteiger partial charge in [-0.05, 0) is 30.3 Å². The zero-order valence-corrected chi connectivity index (χ0v) is 12.4. The predicted octanol–water partition coefficient (Wildman–Crippen LogP) is 2.81. The number of nitrogen functional groups attached to an aromatic ring is 1. The molecule has 7 heteroatoms. The lowest BCUT2D eigenvalue weighted by Gasteiger charge is -2.08. The lowest BCUT2D eigenvalue weighted by atomic mass is 10.3. The van der Waals surface area contributed by atoms with Crippen LogP contribution in [0.4, 0.5) is 15.8 Å². The van der Waals surface area contributed by atoms with Crippen LogP contribution in [0.1, 0.15) is 0 Å². The summed E-state index contributed by atoms with van der Waals surface area (Å²) >= 11 is 5.91. The van der Waals surface area contributed by atoms with Gasteiger partial charge in [-0.15, -0.1) is 0 Å². The molecular formula is C14H12ClFN2O2S. The number of hydrogen-bond donors (Lipinski definition) is 2. The van der Waals surface area contributed by atoms with Crippen molar-refractivity contribution in [1.82, 2.24) is 0 Å². The molecule has 0 heterocycles. The minimum atomic E-state index is -1.66. The number of hydrogen-bond acceptors (Lipinski definition) is 3. The van der Waals surface area contributed by atoms with Gasteiger partial charge in [-0.2, -0.15) is 0 Å². The Hall–Kier alpha value is -1.92. The SMILES string of the molecule is Nc1cc(F)ccc1S(=O)CC(=O)Nc1ccccc1Cl. The highest BCUT2D eigenvalue weighted by Gasteiger charge is 2.14. The summed E-state index contributed by atoms with van der Waals surface area (Å²) in [6.07, 6.45) is 0. The van der Waals surface area contributed by atoms with E-state index in [1.165, 1.54) is 6.07 Å². The van der Waals surface area contributed by atoms with Gasteiger partial charge in [0.15, 0.2) is 0 Å². The van der Waals surface area contributed by atoms with Crippen LogP contribution in [-0.4, -0.2) is 15.9 Å². The summed E-state index contributed by atoms with van der Waals surface area (Å²) < 4.78 is 25.0. The van der Waals surface area contributed by atoms with Gasteiger partial charge < -0.3 is 11.1 Å². The van der Waals surface area contributed by atoms with E-state index in [-0.39, 0.29) is 16.3 Å². The summed E-state index contributed by atoms with van der Waals surface area (Å²) in [5.74, 6) is -1.28. The van der Waals surface area contributed by atoms with Gasteiger partial charge >= 0.3 is 0 Å². The monoisotopic (exact) mass is 326 g/mol.